The topological polar surface area (TPSA) is 41.9 Å². The van der Waals surface area contributed by atoms with Crippen LogP contribution < -0.4 is 4.74 Å². The van der Waals surface area contributed by atoms with E-state index in [0.717, 1.165) is 36.3 Å². The molecule has 0 aliphatic carbocycles. The van der Waals surface area contributed by atoms with E-state index in [1.54, 1.807) is 0 Å². The highest BCUT2D eigenvalue weighted by Gasteiger charge is 2.20. The Morgan fingerprint density at radius 3 is 2.65 bits per heavy atom. The molecule has 1 aliphatic heterocycles. The minimum atomic E-state index is -0.480. The summed E-state index contributed by atoms with van der Waals surface area (Å²) in [5, 5.41) is 10.1. The Balaban J connectivity index is 1.71. The van der Waals surface area contributed by atoms with Gasteiger partial charge in [-0.1, -0.05) is 15.9 Å². The summed E-state index contributed by atoms with van der Waals surface area (Å²) in [6.07, 6.45) is 1.60. The summed E-state index contributed by atoms with van der Waals surface area (Å²) in [7, 11) is 2.05. The fourth-order valence-corrected chi connectivity index (χ4v) is 2.65. The zero-order valence-electron chi connectivity index (χ0n) is 11.8. The monoisotopic (exact) mass is 343 g/mol. The molecule has 0 amide bonds. The number of benzene rings is 1. The molecule has 1 aromatic rings. The van der Waals surface area contributed by atoms with E-state index in [-0.39, 0.29) is 0 Å². The molecule has 1 heterocycles. The quantitative estimate of drug-likeness (QED) is 0.860. The highest BCUT2D eigenvalue weighted by atomic mass is 79.9. The third kappa shape index (κ3) is 5.05. The minimum Gasteiger partial charge on any atom is -0.491 e. The van der Waals surface area contributed by atoms with Gasteiger partial charge < -0.3 is 19.5 Å². The van der Waals surface area contributed by atoms with Crippen LogP contribution in [0.2, 0.25) is 0 Å². The third-order valence-corrected chi connectivity index (χ3v) is 4.10. The fourth-order valence-electron chi connectivity index (χ4n) is 2.38. The first kappa shape index (κ1) is 15.8. The Kier molecular flexibility index (Phi) is 6.29. The van der Waals surface area contributed by atoms with E-state index in [1.807, 2.05) is 24.3 Å². The summed E-state index contributed by atoms with van der Waals surface area (Å²) in [4.78, 5) is 2.21. The molecule has 1 atom stereocenters. The van der Waals surface area contributed by atoms with Gasteiger partial charge in [0.05, 0.1) is 0 Å². The first-order valence-electron chi connectivity index (χ1n) is 6.99. The molecule has 0 saturated carbocycles. The van der Waals surface area contributed by atoms with Gasteiger partial charge in [-0.2, -0.15) is 0 Å². The van der Waals surface area contributed by atoms with E-state index in [2.05, 4.69) is 27.9 Å². The Morgan fingerprint density at radius 2 is 2.00 bits per heavy atom. The second-order valence-corrected chi connectivity index (χ2v) is 6.12. The molecule has 1 aromatic carbocycles. The predicted octanol–water partition coefficient (Wildman–Crippen LogP) is 2.30. The third-order valence-electron chi connectivity index (χ3n) is 3.57. The smallest absolute Gasteiger partial charge is 0.119 e. The molecule has 0 spiro atoms. The molecular formula is C15H22BrNO3. The molecule has 5 heteroatoms. The largest absolute Gasteiger partial charge is 0.491 e. The van der Waals surface area contributed by atoms with Gasteiger partial charge in [-0.15, -0.1) is 0 Å². The lowest BCUT2D eigenvalue weighted by atomic mass is 10.1. The number of nitrogens with zero attached hydrogens (tertiary/aromatic N) is 1. The summed E-state index contributed by atoms with van der Waals surface area (Å²) in [5.41, 5.74) is 0. The number of likely N-dealkylation sites (N-methyl/N-ethyl adjacent to an activating group) is 1. The van der Waals surface area contributed by atoms with Crippen LogP contribution in [0.25, 0.3) is 0 Å². The van der Waals surface area contributed by atoms with Gasteiger partial charge in [0.15, 0.2) is 0 Å². The molecule has 4 nitrogen and oxygen atoms in total. The van der Waals surface area contributed by atoms with E-state index in [4.69, 9.17) is 9.47 Å². The van der Waals surface area contributed by atoms with Crippen molar-refractivity contribution < 1.29 is 14.6 Å². The van der Waals surface area contributed by atoms with Crippen LogP contribution in [0.3, 0.4) is 0 Å². The van der Waals surface area contributed by atoms with Crippen LogP contribution in [0, 0.1) is 0 Å². The Bertz CT molecular complexity index is 393. The van der Waals surface area contributed by atoms with Crippen molar-refractivity contribution in [3.05, 3.63) is 28.7 Å². The van der Waals surface area contributed by atoms with Crippen molar-refractivity contribution in [2.75, 3.05) is 33.4 Å². The molecule has 1 unspecified atom stereocenters. The fraction of sp³-hybridized carbons (Fsp3) is 0.600. The van der Waals surface area contributed by atoms with Gasteiger partial charge in [-0.25, -0.2) is 0 Å². The van der Waals surface area contributed by atoms with Gasteiger partial charge in [-0.05, 0) is 44.2 Å². The van der Waals surface area contributed by atoms with E-state index in [1.165, 1.54) is 0 Å². The van der Waals surface area contributed by atoms with Gasteiger partial charge in [0.25, 0.3) is 0 Å². The second-order valence-electron chi connectivity index (χ2n) is 5.20. The zero-order valence-corrected chi connectivity index (χ0v) is 13.4. The summed E-state index contributed by atoms with van der Waals surface area (Å²) in [6, 6.07) is 8.13. The lowest BCUT2D eigenvalue weighted by molar-refractivity contribution is 0.0159. The lowest BCUT2D eigenvalue weighted by Crippen LogP contribution is -2.42. The van der Waals surface area contributed by atoms with Crippen LogP contribution >= 0.6 is 15.9 Å². The average molecular weight is 344 g/mol. The molecule has 1 N–H and O–H groups in total. The number of hydrogen-bond donors (Lipinski definition) is 1. The normalized spacial score (nSPS) is 18.2. The van der Waals surface area contributed by atoms with Crippen molar-refractivity contribution >= 4 is 15.9 Å². The molecule has 1 saturated heterocycles. The molecule has 2 rings (SSSR count). The number of aliphatic hydroxyl groups excluding tert-OH is 1. The molecule has 0 bridgehead atoms. The van der Waals surface area contributed by atoms with Crippen molar-refractivity contribution in [1.29, 1.82) is 0 Å². The predicted molar refractivity (Wildman–Crippen MR) is 82.1 cm³/mol. The molecule has 20 heavy (non-hydrogen) atoms. The Labute approximate surface area is 128 Å². The van der Waals surface area contributed by atoms with Crippen LogP contribution in [0.1, 0.15) is 12.8 Å². The Morgan fingerprint density at radius 1 is 1.35 bits per heavy atom. The summed E-state index contributed by atoms with van der Waals surface area (Å²) in [5.74, 6) is 0.779. The molecule has 0 radical (unpaired) electrons. The van der Waals surface area contributed by atoms with Gasteiger partial charge in [-0.3, -0.25) is 0 Å². The highest BCUT2D eigenvalue weighted by molar-refractivity contribution is 9.10. The first-order chi connectivity index (χ1) is 9.65. The van der Waals surface area contributed by atoms with Crippen molar-refractivity contribution in [2.24, 2.45) is 0 Å². The van der Waals surface area contributed by atoms with Crippen LogP contribution in [-0.2, 0) is 4.74 Å². The van der Waals surface area contributed by atoms with Crippen molar-refractivity contribution in [2.45, 2.75) is 25.0 Å². The van der Waals surface area contributed by atoms with Crippen LogP contribution in [0.4, 0.5) is 0 Å². The van der Waals surface area contributed by atoms with E-state index < -0.39 is 6.10 Å². The number of hydrogen-bond acceptors (Lipinski definition) is 4. The summed E-state index contributed by atoms with van der Waals surface area (Å²) < 4.78 is 12.0. The second kappa shape index (κ2) is 7.98. The molecule has 112 valence electrons. The van der Waals surface area contributed by atoms with E-state index >= 15 is 0 Å². The van der Waals surface area contributed by atoms with Gasteiger partial charge in [0.2, 0.25) is 0 Å². The molecule has 1 aliphatic rings. The van der Waals surface area contributed by atoms with Gasteiger partial charge in [0.1, 0.15) is 18.5 Å². The average Bonchev–Trinajstić information content (AvgIpc) is 2.47. The maximum atomic E-state index is 10.1. The number of ether oxygens (including phenoxy) is 2. The molecule has 1 fully saturated rings. The van der Waals surface area contributed by atoms with E-state index in [9.17, 15) is 5.11 Å². The lowest BCUT2D eigenvalue weighted by Gasteiger charge is -2.32. The number of halogens is 1. The van der Waals surface area contributed by atoms with Crippen LogP contribution in [0.15, 0.2) is 28.7 Å². The van der Waals surface area contributed by atoms with Crippen molar-refractivity contribution in [1.82, 2.24) is 4.90 Å². The molecular weight excluding hydrogens is 322 g/mol. The summed E-state index contributed by atoms with van der Waals surface area (Å²) >= 11 is 3.38. The Hall–Kier alpha value is -0.620. The number of rotatable bonds is 6. The van der Waals surface area contributed by atoms with Crippen LogP contribution in [0.5, 0.6) is 5.75 Å². The first-order valence-corrected chi connectivity index (χ1v) is 7.79. The summed E-state index contributed by atoms with van der Waals surface area (Å²) in [6.45, 7) is 2.58. The highest BCUT2D eigenvalue weighted by Crippen LogP contribution is 2.17. The number of aliphatic hydroxyl groups is 1. The maximum Gasteiger partial charge on any atom is 0.119 e. The van der Waals surface area contributed by atoms with Crippen molar-refractivity contribution in [3.63, 3.8) is 0 Å². The van der Waals surface area contributed by atoms with E-state index in [0.29, 0.717) is 19.2 Å². The van der Waals surface area contributed by atoms with Gasteiger partial charge >= 0.3 is 0 Å². The zero-order chi connectivity index (χ0) is 14.4. The van der Waals surface area contributed by atoms with Crippen LogP contribution in [-0.4, -0.2) is 55.6 Å². The SMILES string of the molecule is CN(CC(O)COc1ccc(Br)cc1)C1CCOCC1. The molecule has 0 aromatic heterocycles. The van der Waals surface area contributed by atoms with Gasteiger partial charge in [0, 0.05) is 30.3 Å². The standard InChI is InChI=1S/C15H22BrNO3/c1-17(13-6-8-19-9-7-13)10-14(18)11-20-15-4-2-12(16)3-5-15/h2-5,13-14,18H,6-11H2,1H3. The maximum absolute atomic E-state index is 10.1. The van der Waals surface area contributed by atoms with Crippen molar-refractivity contribution in [3.8, 4) is 5.75 Å². The minimum absolute atomic E-state index is 0.315.